The average molecular weight is 326 g/mol. The second-order valence-corrected chi connectivity index (χ2v) is 6.21. The molecule has 1 aromatic heterocycles. The molecule has 1 aromatic carbocycles. The normalized spacial score (nSPS) is 12.7. The molecule has 96 valence electrons. The number of thiophene rings is 1. The Hall–Kier alpha value is -0.840. The highest BCUT2D eigenvalue weighted by Gasteiger charge is 2.16. The van der Waals surface area contributed by atoms with Crippen LogP contribution in [0, 0.1) is 0 Å². The smallest absolute Gasteiger partial charge is 0.124 e. The zero-order chi connectivity index (χ0) is 13.1. The van der Waals surface area contributed by atoms with Gasteiger partial charge in [0.1, 0.15) is 5.75 Å². The van der Waals surface area contributed by atoms with Crippen molar-refractivity contribution in [1.82, 2.24) is 0 Å². The Labute approximate surface area is 120 Å². The molecule has 0 amide bonds. The highest BCUT2D eigenvalue weighted by atomic mass is 79.9. The molecule has 0 aliphatic rings. The van der Waals surface area contributed by atoms with E-state index in [-0.39, 0.29) is 12.1 Å². The molecule has 0 saturated heterocycles. The van der Waals surface area contributed by atoms with Crippen LogP contribution < -0.4 is 10.5 Å². The standard InChI is InChI=1S/C14H16BrNOS/c1-9(2)17-12-6-4-3-5-11(12)14(16)13-7-10(15)8-18-13/h3-9,14H,16H2,1-2H3. The summed E-state index contributed by atoms with van der Waals surface area (Å²) in [6, 6.07) is 9.87. The fraction of sp³-hybridized carbons (Fsp3) is 0.286. The maximum absolute atomic E-state index is 6.32. The van der Waals surface area contributed by atoms with Crippen molar-refractivity contribution in [1.29, 1.82) is 0 Å². The van der Waals surface area contributed by atoms with Gasteiger partial charge in [0.2, 0.25) is 0 Å². The lowest BCUT2D eigenvalue weighted by Gasteiger charge is -2.17. The minimum Gasteiger partial charge on any atom is -0.491 e. The number of hydrogen-bond acceptors (Lipinski definition) is 3. The van der Waals surface area contributed by atoms with Crippen LogP contribution in [0.15, 0.2) is 40.2 Å². The van der Waals surface area contributed by atoms with Gasteiger partial charge in [0.05, 0.1) is 12.1 Å². The lowest BCUT2D eigenvalue weighted by Crippen LogP contribution is -2.14. The predicted octanol–water partition coefficient (Wildman–Crippen LogP) is 4.35. The van der Waals surface area contributed by atoms with E-state index in [2.05, 4.69) is 22.0 Å². The summed E-state index contributed by atoms with van der Waals surface area (Å²) in [7, 11) is 0. The molecule has 18 heavy (non-hydrogen) atoms. The Bertz CT molecular complexity index is 524. The molecule has 1 heterocycles. The number of hydrogen-bond donors (Lipinski definition) is 1. The number of para-hydroxylation sites is 1. The first kappa shape index (κ1) is 13.6. The molecule has 2 rings (SSSR count). The number of halogens is 1. The molecule has 0 fully saturated rings. The third kappa shape index (κ3) is 3.13. The van der Waals surface area contributed by atoms with Gasteiger partial charge >= 0.3 is 0 Å². The summed E-state index contributed by atoms with van der Waals surface area (Å²) in [5.74, 6) is 0.865. The Balaban J connectivity index is 2.32. The van der Waals surface area contributed by atoms with Crippen LogP contribution in [0.4, 0.5) is 0 Å². The zero-order valence-corrected chi connectivity index (χ0v) is 12.8. The van der Waals surface area contributed by atoms with Gasteiger partial charge in [-0.2, -0.15) is 0 Å². The van der Waals surface area contributed by atoms with E-state index in [0.717, 1.165) is 20.7 Å². The predicted molar refractivity (Wildman–Crippen MR) is 80.3 cm³/mol. The van der Waals surface area contributed by atoms with Gasteiger partial charge in [-0.3, -0.25) is 0 Å². The van der Waals surface area contributed by atoms with Crippen molar-refractivity contribution in [3.8, 4) is 5.75 Å². The molecule has 1 atom stereocenters. The number of rotatable bonds is 4. The Morgan fingerprint density at radius 2 is 2.00 bits per heavy atom. The van der Waals surface area contributed by atoms with E-state index in [9.17, 15) is 0 Å². The van der Waals surface area contributed by atoms with Gasteiger partial charge in [0.25, 0.3) is 0 Å². The first-order valence-corrected chi connectivity index (χ1v) is 7.50. The van der Waals surface area contributed by atoms with Gasteiger partial charge in [0, 0.05) is 20.3 Å². The highest BCUT2D eigenvalue weighted by molar-refractivity contribution is 9.10. The van der Waals surface area contributed by atoms with E-state index in [1.165, 1.54) is 0 Å². The van der Waals surface area contributed by atoms with Crippen molar-refractivity contribution in [2.45, 2.75) is 26.0 Å². The van der Waals surface area contributed by atoms with Crippen molar-refractivity contribution < 1.29 is 4.74 Å². The Kier molecular flexibility index (Phi) is 4.43. The quantitative estimate of drug-likeness (QED) is 0.907. The van der Waals surface area contributed by atoms with Gasteiger partial charge in [-0.25, -0.2) is 0 Å². The fourth-order valence-electron chi connectivity index (χ4n) is 1.74. The summed E-state index contributed by atoms with van der Waals surface area (Å²) in [5, 5.41) is 2.04. The molecular formula is C14H16BrNOS. The molecule has 0 bridgehead atoms. The Morgan fingerprint density at radius 1 is 1.28 bits per heavy atom. The molecule has 4 heteroatoms. The topological polar surface area (TPSA) is 35.2 Å². The van der Waals surface area contributed by atoms with Gasteiger partial charge < -0.3 is 10.5 Å². The first-order valence-electron chi connectivity index (χ1n) is 5.83. The molecule has 2 aromatic rings. The number of benzene rings is 1. The SMILES string of the molecule is CC(C)Oc1ccccc1C(N)c1cc(Br)cs1. The fourth-order valence-corrected chi connectivity index (χ4v) is 3.21. The molecule has 0 aliphatic carbocycles. The monoisotopic (exact) mass is 325 g/mol. The minimum absolute atomic E-state index is 0.142. The van der Waals surface area contributed by atoms with Gasteiger partial charge in [-0.05, 0) is 41.9 Å². The lowest BCUT2D eigenvalue weighted by molar-refractivity contribution is 0.239. The minimum atomic E-state index is -0.142. The van der Waals surface area contributed by atoms with E-state index in [4.69, 9.17) is 10.5 Å². The van der Waals surface area contributed by atoms with Crippen LogP contribution in [0.1, 0.15) is 30.3 Å². The summed E-state index contributed by atoms with van der Waals surface area (Å²) in [4.78, 5) is 1.13. The van der Waals surface area contributed by atoms with Crippen molar-refractivity contribution in [2.24, 2.45) is 5.73 Å². The number of ether oxygens (including phenoxy) is 1. The maximum Gasteiger partial charge on any atom is 0.124 e. The van der Waals surface area contributed by atoms with Crippen LogP contribution in [0.2, 0.25) is 0 Å². The molecule has 0 aliphatic heterocycles. The van der Waals surface area contributed by atoms with Gasteiger partial charge in [-0.15, -0.1) is 11.3 Å². The van der Waals surface area contributed by atoms with Crippen LogP contribution in [0.5, 0.6) is 5.75 Å². The van der Waals surface area contributed by atoms with Crippen LogP contribution in [0.25, 0.3) is 0 Å². The van der Waals surface area contributed by atoms with E-state index >= 15 is 0 Å². The van der Waals surface area contributed by atoms with E-state index in [0.29, 0.717) is 0 Å². The van der Waals surface area contributed by atoms with E-state index in [1.807, 2.05) is 43.5 Å². The second-order valence-electron chi connectivity index (χ2n) is 4.35. The summed E-state index contributed by atoms with van der Waals surface area (Å²) in [6.07, 6.45) is 0.147. The molecule has 0 radical (unpaired) electrons. The van der Waals surface area contributed by atoms with Gasteiger partial charge in [-0.1, -0.05) is 18.2 Å². The maximum atomic E-state index is 6.32. The summed E-state index contributed by atoms with van der Waals surface area (Å²) in [6.45, 7) is 4.04. The second kappa shape index (κ2) is 5.87. The lowest BCUT2D eigenvalue weighted by atomic mass is 10.1. The van der Waals surface area contributed by atoms with Crippen LogP contribution in [-0.4, -0.2) is 6.10 Å². The summed E-state index contributed by atoms with van der Waals surface area (Å²) >= 11 is 5.11. The van der Waals surface area contributed by atoms with Crippen LogP contribution >= 0.6 is 27.3 Å². The van der Waals surface area contributed by atoms with E-state index < -0.39 is 0 Å². The molecule has 2 N–H and O–H groups in total. The Morgan fingerprint density at radius 3 is 2.61 bits per heavy atom. The van der Waals surface area contributed by atoms with Crippen molar-refractivity contribution >= 4 is 27.3 Å². The first-order chi connectivity index (χ1) is 8.58. The molecular weight excluding hydrogens is 310 g/mol. The molecule has 1 unspecified atom stereocenters. The molecule has 0 spiro atoms. The summed E-state index contributed by atoms with van der Waals surface area (Å²) in [5.41, 5.74) is 7.34. The number of nitrogens with two attached hydrogens (primary N) is 1. The highest BCUT2D eigenvalue weighted by Crippen LogP contribution is 2.33. The molecule has 2 nitrogen and oxygen atoms in total. The van der Waals surface area contributed by atoms with Crippen molar-refractivity contribution in [3.63, 3.8) is 0 Å². The third-order valence-corrected chi connectivity index (χ3v) is 4.29. The van der Waals surface area contributed by atoms with Crippen LogP contribution in [-0.2, 0) is 0 Å². The average Bonchev–Trinajstić information content (AvgIpc) is 2.75. The zero-order valence-electron chi connectivity index (χ0n) is 10.4. The molecule has 0 saturated carbocycles. The third-order valence-electron chi connectivity index (χ3n) is 2.51. The van der Waals surface area contributed by atoms with E-state index in [1.54, 1.807) is 11.3 Å². The van der Waals surface area contributed by atoms with Crippen molar-refractivity contribution in [2.75, 3.05) is 0 Å². The van der Waals surface area contributed by atoms with Crippen LogP contribution in [0.3, 0.4) is 0 Å². The van der Waals surface area contributed by atoms with Crippen molar-refractivity contribution in [3.05, 3.63) is 50.6 Å². The van der Waals surface area contributed by atoms with Gasteiger partial charge in [0.15, 0.2) is 0 Å². The largest absolute Gasteiger partial charge is 0.491 e. The summed E-state index contributed by atoms with van der Waals surface area (Å²) < 4.78 is 6.88.